The highest BCUT2D eigenvalue weighted by Crippen LogP contribution is 2.32. The monoisotopic (exact) mass is 324 g/mol. The van der Waals surface area contributed by atoms with Gasteiger partial charge in [-0.25, -0.2) is 8.42 Å². The van der Waals surface area contributed by atoms with Gasteiger partial charge in [0, 0.05) is 29.5 Å². The summed E-state index contributed by atoms with van der Waals surface area (Å²) in [5.74, 6) is 0.275. The molecule has 1 aliphatic heterocycles. The van der Waals surface area contributed by atoms with Crippen LogP contribution < -0.4 is 0 Å². The van der Waals surface area contributed by atoms with E-state index in [1.165, 1.54) is 0 Å². The van der Waals surface area contributed by atoms with E-state index in [9.17, 15) is 13.2 Å². The summed E-state index contributed by atoms with van der Waals surface area (Å²) in [7, 11) is -2.98. The Morgan fingerprint density at radius 1 is 1.32 bits per heavy atom. The SMILES string of the molecule is Cc1cc(C(=O)CN2CCS(=O)(=O)C3CCCCC32)c(C)[nH]1. The number of Topliss-reactive ketones (excluding diaryl/α,β-unsaturated/α-hetero) is 1. The van der Waals surface area contributed by atoms with Gasteiger partial charge in [-0.05, 0) is 32.8 Å². The Morgan fingerprint density at radius 3 is 2.73 bits per heavy atom. The van der Waals surface area contributed by atoms with E-state index in [2.05, 4.69) is 9.88 Å². The third kappa shape index (κ3) is 2.86. The van der Waals surface area contributed by atoms with Gasteiger partial charge in [0.15, 0.2) is 15.6 Å². The number of hydrogen-bond acceptors (Lipinski definition) is 4. The number of nitrogens with one attached hydrogen (secondary N) is 1. The van der Waals surface area contributed by atoms with Gasteiger partial charge in [0.05, 0.1) is 17.5 Å². The van der Waals surface area contributed by atoms with Crippen molar-refractivity contribution in [3.05, 3.63) is 23.0 Å². The van der Waals surface area contributed by atoms with Crippen LogP contribution in [-0.4, -0.2) is 54.2 Å². The number of ketones is 1. The Bertz CT molecular complexity index is 678. The van der Waals surface area contributed by atoms with Gasteiger partial charge in [-0.1, -0.05) is 12.8 Å². The van der Waals surface area contributed by atoms with Crippen LogP contribution in [0.5, 0.6) is 0 Å². The maximum absolute atomic E-state index is 12.6. The molecule has 2 heterocycles. The summed E-state index contributed by atoms with van der Waals surface area (Å²) in [4.78, 5) is 17.8. The van der Waals surface area contributed by atoms with Crippen molar-refractivity contribution in [2.75, 3.05) is 18.8 Å². The number of H-pyrrole nitrogens is 1. The molecule has 1 aromatic heterocycles. The fourth-order valence-corrected chi connectivity index (χ4v) is 6.06. The Kier molecular flexibility index (Phi) is 4.16. The Hall–Kier alpha value is -1.14. The van der Waals surface area contributed by atoms with Crippen molar-refractivity contribution in [1.82, 2.24) is 9.88 Å². The highest BCUT2D eigenvalue weighted by Gasteiger charge is 2.43. The lowest BCUT2D eigenvalue weighted by atomic mass is 9.93. The van der Waals surface area contributed by atoms with E-state index in [4.69, 9.17) is 0 Å². The molecule has 3 rings (SSSR count). The zero-order valence-electron chi connectivity index (χ0n) is 13.3. The summed E-state index contributed by atoms with van der Waals surface area (Å²) in [5, 5.41) is -0.267. The molecule has 5 nitrogen and oxygen atoms in total. The first-order valence-corrected chi connectivity index (χ1v) is 9.75. The largest absolute Gasteiger partial charge is 0.362 e. The number of nitrogens with zero attached hydrogens (tertiary/aromatic N) is 1. The fraction of sp³-hybridized carbons (Fsp3) is 0.688. The molecule has 6 heteroatoms. The molecule has 0 aromatic carbocycles. The average molecular weight is 324 g/mol. The van der Waals surface area contributed by atoms with Crippen molar-refractivity contribution in [2.45, 2.75) is 50.8 Å². The van der Waals surface area contributed by atoms with Crippen LogP contribution in [0.15, 0.2) is 6.07 Å². The first kappa shape index (κ1) is 15.7. The van der Waals surface area contributed by atoms with Gasteiger partial charge in [-0.3, -0.25) is 9.69 Å². The Balaban J connectivity index is 1.77. The first-order chi connectivity index (χ1) is 10.4. The highest BCUT2D eigenvalue weighted by molar-refractivity contribution is 7.92. The Labute approximate surface area is 132 Å². The fourth-order valence-electron chi connectivity index (χ4n) is 3.96. The van der Waals surface area contributed by atoms with Gasteiger partial charge in [-0.2, -0.15) is 0 Å². The molecule has 1 aromatic rings. The molecule has 1 N–H and O–H groups in total. The van der Waals surface area contributed by atoms with Gasteiger partial charge in [-0.15, -0.1) is 0 Å². The van der Waals surface area contributed by atoms with Crippen LogP contribution in [0, 0.1) is 13.8 Å². The minimum atomic E-state index is -2.98. The molecule has 22 heavy (non-hydrogen) atoms. The smallest absolute Gasteiger partial charge is 0.178 e. The number of fused-ring (bicyclic) bond motifs is 1. The maximum atomic E-state index is 12.6. The second kappa shape index (κ2) is 5.81. The van der Waals surface area contributed by atoms with Crippen LogP contribution in [0.1, 0.15) is 47.4 Å². The van der Waals surface area contributed by atoms with Crippen molar-refractivity contribution >= 4 is 15.6 Å². The number of sulfone groups is 1. The van der Waals surface area contributed by atoms with E-state index in [0.717, 1.165) is 42.6 Å². The number of aromatic nitrogens is 1. The average Bonchev–Trinajstić information content (AvgIpc) is 2.81. The lowest BCUT2D eigenvalue weighted by Crippen LogP contribution is -2.56. The van der Waals surface area contributed by atoms with Crippen LogP contribution in [0.3, 0.4) is 0 Å². The van der Waals surface area contributed by atoms with Crippen molar-refractivity contribution in [3.63, 3.8) is 0 Å². The molecule has 2 fully saturated rings. The number of rotatable bonds is 3. The van der Waals surface area contributed by atoms with E-state index >= 15 is 0 Å². The molecular formula is C16H24N2O3S. The molecule has 0 radical (unpaired) electrons. The normalized spacial score (nSPS) is 28.3. The van der Waals surface area contributed by atoms with Gasteiger partial charge < -0.3 is 4.98 Å². The summed E-state index contributed by atoms with van der Waals surface area (Å²) in [5.41, 5.74) is 2.61. The summed E-state index contributed by atoms with van der Waals surface area (Å²) in [6.07, 6.45) is 3.68. The topological polar surface area (TPSA) is 70.2 Å². The second-order valence-corrected chi connectivity index (χ2v) is 8.98. The predicted molar refractivity (Wildman–Crippen MR) is 86.0 cm³/mol. The lowest BCUT2D eigenvalue weighted by molar-refractivity contribution is 0.0859. The van der Waals surface area contributed by atoms with Gasteiger partial charge in [0.2, 0.25) is 0 Å². The lowest BCUT2D eigenvalue weighted by Gasteiger charge is -2.43. The molecule has 0 spiro atoms. The molecule has 2 unspecified atom stereocenters. The Morgan fingerprint density at radius 2 is 2.05 bits per heavy atom. The number of carbonyl (C=O) groups is 1. The number of aromatic amines is 1. The summed E-state index contributed by atoms with van der Waals surface area (Å²) in [6, 6.07) is 1.91. The van der Waals surface area contributed by atoms with E-state index < -0.39 is 9.84 Å². The molecule has 2 atom stereocenters. The zero-order chi connectivity index (χ0) is 15.9. The van der Waals surface area contributed by atoms with Crippen LogP contribution in [0.4, 0.5) is 0 Å². The van der Waals surface area contributed by atoms with Crippen molar-refractivity contribution in [1.29, 1.82) is 0 Å². The molecular weight excluding hydrogens is 300 g/mol. The van der Waals surface area contributed by atoms with Crippen molar-refractivity contribution < 1.29 is 13.2 Å². The number of carbonyl (C=O) groups excluding carboxylic acids is 1. The predicted octanol–water partition coefficient (Wildman–Crippen LogP) is 1.86. The molecule has 1 saturated carbocycles. The standard InChI is InChI=1S/C16H24N2O3S/c1-11-9-13(12(2)17-11)15(19)10-18-7-8-22(20,21)16-6-4-3-5-14(16)18/h9,14,16-17H,3-8,10H2,1-2H3. The molecule has 122 valence electrons. The third-order valence-corrected chi connectivity index (χ3v) is 7.28. The third-order valence-electron chi connectivity index (χ3n) is 5.06. The molecule has 0 bridgehead atoms. The first-order valence-electron chi connectivity index (χ1n) is 8.03. The van der Waals surface area contributed by atoms with Crippen molar-refractivity contribution in [3.8, 4) is 0 Å². The van der Waals surface area contributed by atoms with E-state index in [1.54, 1.807) is 0 Å². The second-order valence-electron chi connectivity index (χ2n) is 6.64. The van der Waals surface area contributed by atoms with Crippen molar-refractivity contribution in [2.24, 2.45) is 0 Å². The van der Waals surface area contributed by atoms with Crippen LogP contribution in [0.25, 0.3) is 0 Å². The molecule has 1 aliphatic carbocycles. The minimum Gasteiger partial charge on any atom is -0.362 e. The van der Waals surface area contributed by atoms with Gasteiger partial charge in [0.1, 0.15) is 0 Å². The van der Waals surface area contributed by atoms with Gasteiger partial charge >= 0.3 is 0 Å². The quantitative estimate of drug-likeness (QED) is 0.862. The highest BCUT2D eigenvalue weighted by atomic mass is 32.2. The maximum Gasteiger partial charge on any atom is 0.178 e. The van der Waals surface area contributed by atoms with Crippen LogP contribution in [-0.2, 0) is 9.84 Å². The molecule has 1 saturated heterocycles. The number of hydrogen-bond donors (Lipinski definition) is 1. The van der Waals surface area contributed by atoms with E-state index in [-0.39, 0.29) is 22.8 Å². The van der Waals surface area contributed by atoms with E-state index in [0.29, 0.717) is 13.1 Å². The van der Waals surface area contributed by atoms with Gasteiger partial charge in [0.25, 0.3) is 0 Å². The zero-order valence-corrected chi connectivity index (χ0v) is 14.1. The van der Waals surface area contributed by atoms with Crippen LogP contribution in [0.2, 0.25) is 0 Å². The summed E-state index contributed by atoms with van der Waals surface area (Å²) in [6.45, 7) is 4.66. The van der Waals surface area contributed by atoms with E-state index in [1.807, 2.05) is 19.9 Å². The summed E-state index contributed by atoms with van der Waals surface area (Å²) >= 11 is 0. The van der Waals surface area contributed by atoms with Crippen LogP contribution >= 0.6 is 0 Å². The minimum absolute atomic E-state index is 0.0248. The molecule has 0 amide bonds. The summed E-state index contributed by atoms with van der Waals surface area (Å²) < 4.78 is 24.5. The number of aryl methyl sites for hydroxylation is 2. The molecule has 2 aliphatic rings.